The predicted octanol–water partition coefficient (Wildman–Crippen LogP) is 2.38. The number of nitrogens with one attached hydrogen (secondary N) is 2. The molecule has 0 radical (unpaired) electrons. The third-order valence-electron chi connectivity index (χ3n) is 2.83. The fourth-order valence-corrected chi connectivity index (χ4v) is 2.72. The minimum atomic E-state index is -3.05. The first-order valence-corrected chi connectivity index (χ1v) is 6.65. The molecule has 3 N–H and O–H groups in total. The molecule has 1 unspecified atom stereocenters. The van der Waals surface area contributed by atoms with Crippen molar-refractivity contribution in [3.8, 4) is 0 Å². The molecule has 100 valence electrons. The van der Waals surface area contributed by atoms with Crippen LogP contribution >= 0.6 is 11.3 Å². The van der Waals surface area contributed by atoms with Gasteiger partial charge in [0, 0.05) is 12.2 Å². The molecule has 1 atom stereocenters. The minimum Gasteiger partial charge on any atom is -0.390 e. The van der Waals surface area contributed by atoms with Crippen LogP contribution < -0.4 is 5.32 Å². The van der Waals surface area contributed by atoms with Gasteiger partial charge in [-0.1, -0.05) is 0 Å². The molecule has 2 aromatic heterocycles. The largest absolute Gasteiger partial charge is 0.390 e. The number of aromatic nitrogens is 1. The zero-order valence-electron chi connectivity index (χ0n) is 10.0. The molecule has 0 saturated carbocycles. The molecule has 0 aliphatic heterocycles. The summed E-state index contributed by atoms with van der Waals surface area (Å²) in [5, 5.41) is 13.2. The van der Waals surface area contributed by atoms with E-state index in [4.69, 9.17) is 5.11 Å². The van der Waals surface area contributed by atoms with Crippen LogP contribution in [0.1, 0.15) is 12.5 Å². The van der Waals surface area contributed by atoms with Crippen LogP contribution in [0.15, 0.2) is 17.6 Å². The Morgan fingerprint density at radius 3 is 3.06 bits per heavy atom. The number of hydrogen-bond acceptors (Lipinski definition) is 3. The normalized spacial score (nSPS) is 14.2. The van der Waals surface area contributed by atoms with Crippen LogP contribution in [0.25, 0.3) is 10.2 Å². The fraction of sp³-hybridized carbons (Fsp3) is 0.500. The van der Waals surface area contributed by atoms with Gasteiger partial charge in [-0.3, -0.25) is 0 Å². The summed E-state index contributed by atoms with van der Waals surface area (Å²) < 4.78 is 26.9. The molecule has 18 heavy (non-hydrogen) atoms. The molecule has 0 aromatic carbocycles. The molecular formula is C12H16F2N2OS. The van der Waals surface area contributed by atoms with E-state index in [1.165, 1.54) is 4.70 Å². The summed E-state index contributed by atoms with van der Waals surface area (Å²) >= 11 is 1.64. The number of thiophene rings is 1. The first-order chi connectivity index (χ1) is 8.52. The highest BCUT2D eigenvalue weighted by Crippen LogP contribution is 2.25. The van der Waals surface area contributed by atoms with E-state index in [2.05, 4.69) is 10.3 Å². The first kappa shape index (κ1) is 13.5. The van der Waals surface area contributed by atoms with Gasteiger partial charge in [-0.2, -0.15) is 0 Å². The zero-order chi connectivity index (χ0) is 13.2. The molecule has 0 amide bonds. The minimum absolute atomic E-state index is 0.0662. The first-order valence-electron chi connectivity index (χ1n) is 5.77. The van der Waals surface area contributed by atoms with Gasteiger partial charge in [0.05, 0.1) is 16.8 Å². The van der Waals surface area contributed by atoms with Crippen LogP contribution in [0, 0.1) is 0 Å². The molecule has 0 bridgehead atoms. The van der Waals surface area contributed by atoms with Gasteiger partial charge in [0.2, 0.25) is 0 Å². The lowest BCUT2D eigenvalue weighted by Gasteiger charge is -2.18. The monoisotopic (exact) mass is 274 g/mol. The number of aromatic amines is 1. The van der Waals surface area contributed by atoms with Crippen molar-refractivity contribution in [1.82, 2.24) is 10.3 Å². The van der Waals surface area contributed by atoms with E-state index >= 15 is 0 Å². The molecule has 2 rings (SSSR count). The smallest absolute Gasteiger partial charge is 0.282 e. The third-order valence-corrected chi connectivity index (χ3v) is 3.82. The lowest BCUT2D eigenvalue weighted by atomic mass is 10.1. The summed E-state index contributed by atoms with van der Waals surface area (Å²) in [6.45, 7) is 0.245. The Morgan fingerprint density at radius 1 is 1.56 bits per heavy atom. The standard InChI is InChI=1S/C12H16F2N2OS/c1-8(16-6-12(13,14)7-17)4-9-5-15-10-2-3-18-11(9)10/h2-3,5,8,15-17H,4,6-7H2,1H3. The quantitative estimate of drug-likeness (QED) is 0.757. The Balaban J connectivity index is 1.92. The number of hydrogen-bond donors (Lipinski definition) is 3. The van der Waals surface area contributed by atoms with Crippen LogP contribution in [0.4, 0.5) is 8.78 Å². The number of rotatable bonds is 6. The second-order valence-corrected chi connectivity index (χ2v) is 5.39. The predicted molar refractivity (Wildman–Crippen MR) is 69.4 cm³/mol. The topological polar surface area (TPSA) is 48.0 Å². The molecule has 0 saturated heterocycles. The maximum atomic E-state index is 12.9. The van der Waals surface area contributed by atoms with Gasteiger partial charge >= 0.3 is 0 Å². The van der Waals surface area contributed by atoms with Crippen molar-refractivity contribution in [3.63, 3.8) is 0 Å². The Kier molecular flexibility index (Phi) is 3.99. The van der Waals surface area contributed by atoms with Crippen molar-refractivity contribution in [2.45, 2.75) is 25.3 Å². The fourth-order valence-electron chi connectivity index (χ4n) is 1.84. The average molecular weight is 274 g/mol. The average Bonchev–Trinajstić information content (AvgIpc) is 2.92. The molecule has 6 heteroatoms. The van der Waals surface area contributed by atoms with E-state index in [1.54, 1.807) is 11.3 Å². The summed E-state index contributed by atoms with van der Waals surface area (Å²) in [6, 6.07) is 1.94. The van der Waals surface area contributed by atoms with Crippen LogP contribution in [0.2, 0.25) is 0 Å². The summed E-state index contributed by atoms with van der Waals surface area (Å²) in [5.74, 6) is -3.05. The Bertz CT molecular complexity index is 509. The molecule has 0 fully saturated rings. The zero-order valence-corrected chi connectivity index (χ0v) is 10.9. The van der Waals surface area contributed by atoms with Crippen LogP contribution in [-0.4, -0.2) is 35.2 Å². The van der Waals surface area contributed by atoms with E-state index in [9.17, 15) is 8.78 Å². The van der Waals surface area contributed by atoms with Crippen LogP contribution in [-0.2, 0) is 6.42 Å². The second-order valence-electron chi connectivity index (χ2n) is 4.48. The number of H-pyrrole nitrogens is 1. The molecule has 0 spiro atoms. The van der Waals surface area contributed by atoms with E-state index in [0.717, 1.165) is 11.1 Å². The number of halogens is 2. The van der Waals surface area contributed by atoms with E-state index in [-0.39, 0.29) is 6.04 Å². The summed E-state index contributed by atoms with van der Waals surface area (Å²) in [7, 11) is 0. The van der Waals surface area contributed by atoms with Crippen molar-refractivity contribution in [3.05, 3.63) is 23.2 Å². The maximum Gasteiger partial charge on any atom is 0.282 e. The highest BCUT2D eigenvalue weighted by Gasteiger charge is 2.27. The van der Waals surface area contributed by atoms with Crippen molar-refractivity contribution in [2.24, 2.45) is 0 Å². The lowest BCUT2D eigenvalue weighted by molar-refractivity contribution is -0.0490. The SMILES string of the molecule is CC(Cc1c[nH]c2ccsc12)NCC(F)(F)CO. The van der Waals surface area contributed by atoms with Crippen molar-refractivity contribution in [1.29, 1.82) is 0 Å². The molecule has 2 heterocycles. The number of fused-ring (bicyclic) bond motifs is 1. The summed E-state index contributed by atoms with van der Waals surface area (Å²) in [4.78, 5) is 3.15. The van der Waals surface area contributed by atoms with Crippen molar-refractivity contribution in [2.75, 3.05) is 13.2 Å². The Morgan fingerprint density at radius 2 is 2.33 bits per heavy atom. The van der Waals surface area contributed by atoms with Crippen molar-refractivity contribution < 1.29 is 13.9 Å². The number of alkyl halides is 2. The third kappa shape index (κ3) is 3.07. The maximum absolute atomic E-state index is 12.9. The Labute approximate surface area is 108 Å². The van der Waals surface area contributed by atoms with E-state index in [1.807, 2.05) is 24.6 Å². The molecule has 2 aromatic rings. The molecular weight excluding hydrogens is 258 g/mol. The van der Waals surface area contributed by atoms with Gasteiger partial charge < -0.3 is 15.4 Å². The molecule has 0 aliphatic carbocycles. The van der Waals surface area contributed by atoms with Gasteiger partial charge in [-0.05, 0) is 30.4 Å². The van der Waals surface area contributed by atoms with Gasteiger partial charge in [0.15, 0.2) is 0 Å². The summed E-state index contributed by atoms with van der Waals surface area (Å²) in [6.07, 6.45) is 2.60. The molecule has 0 aliphatic rings. The van der Waals surface area contributed by atoms with Gasteiger partial charge in [0.1, 0.15) is 6.61 Å². The van der Waals surface area contributed by atoms with Crippen LogP contribution in [0.3, 0.4) is 0 Å². The summed E-state index contributed by atoms with van der Waals surface area (Å²) in [5.41, 5.74) is 2.22. The van der Waals surface area contributed by atoms with Gasteiger partial charge in [-0.25, -0.2) is 8.78 Å². The van der Waals surface area contributed by atoms with Gasteiger partial charge in [0.25, 0.3) is 5.92 Å². The molecule has 3 nitrogen and oxygen atoms in total. The van der Waals surface area contributed by atoms with Crippen LogP contribution in [0.5, 0.6) is 0 Å². The van der Waals surface area contributed by atoms with E-state index < -0.39 is 19.1 Å². The van der Waals surface area contributed by atoms with Gasteiger partial charge in [-0.15, -0.1) is 11.3 Å². The highest BCUT2D eigenvalue weighted by molar-refractivity contribution is 7.17. The highest BCUT2D eigenvalue weighted by atomic mass is 32.1. The van der Waals surface area contributed by atoms with Crippen molar-refractivity contribution >= 4 is 21.6 Å². The number of aliphatic hydroxyl groups is 1. The lowest BCUT2D eigenvalue weighted by Crippen LogP contribution is -2.40. The van der Waals surface area contributed by atoms with E-state index in [0.29, 0.717) is 6.42 Å². The second kappa shape index (κ2) is 5.34. The Hall–Kier alpha value is -0.980. The number of aliphatic hydroxyl groups excluding tert-OH is 1.